The Morgan fingerprint density at radius 2 is 1.51 bits per heavy atom. The number of imidazole rings is 2. The molecule has 35 heavy (non-hydrogen) atoms. The standard InChI is InChI=1S/C28H27N5O2/c34-26-19-9-7-18(23-15-31-28(33-23)21-6-3-11-29-21)13-25(19)35-24-10-8-17(12-20(24)26)22-14-30-27(32-22)16-4-1-2-5-16/h7-10,12-16,21,29H,1-6,11H2,(H,30,32)(H,31,33). The van der Waals surface area contributed by atoms with E-state index in [-0.39, 0.29) is 11.5 Å². The van der Waals surface area contributed by atoms with Gasteiger partial charge >= 0.3 is 0 Å². The van der Waals surface area contributed by atoms with Crippen molar-refractivity contribution >= 4 is 21.9 Å². The Morgan fingerprint density at radius 1 is 0.771 bits per heavy atom. The molecule has 7 rings (SSSR count). The summed E-state index contributed by atoms with van der Waals surface area (Å²) in [7, 11) is 0. The summed E-state index contributed by atoms with van der Waals surface area (Å²) in [6.45, 7) is 1.03. The zero-order valence-corrected chi connectivity index (χ0v) is 19.4. The first-order valence-corrected chi connectivity index (χ1v) is 12.6. The van der Waals surface area contributed by atoms with Gasteiger partial charge in [0.2, 0.25) is 5.43 Å². The smallest absolute Gasteiger partial charge is 0.200 e. The highest BCUT2D eigenvalue weighted by Crippen LogP contribution is 2.34. The number of rotatable bonds is 4. The van der Waals surface area contributed by atoms with Crippen LogP contribution < -0.4 is 10.7 Å². The van der Waals surface area contributed by atoms with Crippen molar-refractivity contribution in [1.29, 1.82) is 0 Å². The van der Waals surface area contributed by atoms with Gasteiger partial charge in [0.05, 0.1) is 40.6 Å². The van der Waals surface area contributed by atoms with Crippen LogP contribution in [0, 0.1) is 0 Å². The zero-order valence-electron chi connectivity index (χ0n) is 19.4. The molecule has 1 unspecified atom stereocenters. The van der Waals surface area contributed by atoms with Crippen molar-refractivity contribution in [3.8, 4) is 22.5 Å². The molecule has 1 aliphatic carbocycles. The van der Waals surface area contributed by atoms with Gasteiger partial charge in [-0.15, -0.1) is 0 Å². The lowest BCUT2D eigenvalue weighted by Crippen LogP contribution is -2.14. The van der Waals surface area contributed by atoms with Crippen molar-refractivity contribution in [3.05, 3.63) is 70.7 Å². The topological polar surface area (TPSA) is 99.6 Å². The number of H-pyrrole nitrogens is 2. The van der Waals surface area contributed by atoms with Crippen molar-refractivity contribution in [2.45, 2.75) is 50.5 Å². The Kier molecular flexibility index (Phi) is 4.84. The first kappa shape index (κ1) is 20.6. The number of aromatic amines is 2. The van der Waals surface area contributed by atoms with Crippen molar-refractivity contribution in [1.82, 2.24) is 25.3 Å². The van der Waals surface area contributed by atoms with Crippen LogP contribution in [0.4, 0.5) is 0 Å². The van der Waals surface area contributed by atoms with Crippen molar-refractivity contribution in [2.75, 3.05) is 6.54 Å². The van der Waals surface area contributed by atoms with Crippen LogP contribution in [0.5, 0.6) is 0 Å². The van der Waals surface area contributed by atoms with Crippen LogP contribution in [0.25, 0.3) is 44.5 Å². The van der Waals surface area contributed by atoms with Crippen LogP contribution in [0.1, 0.15) is 62.1 Å². The van der Waals surface area contributed by atoms with Gasteiger partial charge in [0.15, 0.2) is 0 Å². The molecule has 3 aromatic heterocycles. The van der Waals surface area contributed by atoms with Crippen LogP contribution in [-0.4, -0.2) is 26.5 Å². The molecule has 0 spiro atoms. The zero-order chi connectivity index (χ0) is 23.4. The lowest BCUT2D eigenvalue weighted by atomic mass is 10.1. The van der Waals surface area contributed by atoms with Crippen molar-refractivity contribution < 1.29 is 4.42 Å². The number of benzene rings is 2. The van der Waals surface area contributed by atoms with E-state index in [1.807, 2.05) is 48.8 Å². The van der Waals surface area contributed by atoms with E-state index in [0.29, 0.717) is 27.9 Å². The van der Waals surface area contributed by atoms with Gasteiger partial charge in [-0.05, 0) is 62.6 Å². The van der Waals surface area contributed by atoms with Gasteiger partial charge in [0.25, 0.3) is 0 Å². The average molecular weight is 466 g/mol. The second-order valence-electron chi connectivity index (χ2n) is 9.85. The van der Waals surface area contributed by atoms with Crippen molar-refractivity contribution in [2.24, 2.45) is 0 Å². The molecule has 1 saturated heterocycles. The minimum Gasteiger partial charge on any atom is -0.456 e. The Bertz CT molecular complexity index is 1600. The average Bonchev–Trinajstić information content (AvgIpc) is 3.70. The molecule has 3 N–H and O–H groups in total. The van der Waals surface area contributed by atoms with E-state index in [4.69, 9.17) is 4.42 Å². The maximum absolute atomic E-state index is 13.4. The molecule has 1 atom stereocenters. The molecule has 4 heterocycles. The molecular formula is C28H27N5O2. The molecule has 0 amide bonds. The van der Waals surface area contributed by atoms with Gasteiger partial charge in [-0.2, -0.15) is 0 Å². The molecule has 2 aromatic carbocycles. The number of hydrogen-bond donors (Lipinski definition) is 3. The number of fused-ring (bicyclic) bond motifs is 2. The summed E-state index contributed by atoms with van der Waals surface area (Å²) < 4.78 is 6.20. The summed E-state index contributed by atoms with van der Waals surface area (Å²) in [4.78, 5) is 29.5. The number of nitrogens with zero attached hydrogens (tertiary/aromatic N) is 2. The molecule has 1 aliphatic heterocycles. The number of hydrogen-bond acceptors (Lipinski definition) is 5. The van der Waals surface area contributed by atoms with E-state index < -0.39 is 0 Å². The first-order valence-electron chi connectivity index (χ1n) is 12.6. The fraction of sp³-hybridized carbons (Fsp3) is 0.321. The van der Waals surface area contributed by atoms with Gasteiger partial charge in [-0.3, -0.25) is 4.79 Å². The van der Waals surface area contributed by atoms with E-state index in [2.05, 4.69) is 25.3 Å². The summed E-state index contributed by atoms with van der Waals surface area (Å²) in [6.07, 6.45) is 10.9. The summed E-state index contributed by atoms with van der Waals surface area (Å²) >= 11 is 0. The largest absolute Gasteiger partial charge is 0.456 e. The molecular weight excluding hydrogens is 438 g/mol. The van der Waals surface area contributed by atoms with Crippen LogP contribution in [0.15, 0.2) is 58.0 Å². The number of nitrogens with one attached hydrogen (secondary N) is 3. The fourth-order valence-electron chi connectivity index (χ4n) is 5.66. The van der Waals surface area contributed by atoms with E-state index >= 15 is 0 Å². The Hall–Kier alpha value is -3.71. The highest BCUT2D eigenvalue weighted by Gasteiger charge is 2.21. The van der Waals surface area contributed by atoms with Gasteiger partial charge < -0.3 is 19.7 Å². The van der Waals surface area contributed by atoms with Crippen LogP contribution >= 0.6 is 0 Å². The van der Waals surface area contributed by atoms with Crippen LogP contribution in [0.2, 0.25) is 0 Å². The lowest BCUT2D eigenvalue weighted by Gasteiger charge is -2.07. The minimum absolute atomic E-state index is 0.0226. The summed E-state index contributed by atoms with van der Waals surface area (Å²) in [5.41, 5.74) is 4.90. The minimum atomic E-state index is -0.0226. The maximum Gasteiger partial charge on any atom is 0.200 e. The van der Waals surface area contributed by atoms with Gasteiger partial charge in [-0.25, -0.2) is 9.97 Å². The van der Waals surface area contributed by atoms with E-state index in [1.54, 1.807) is 0 Å². The monoisotopic (exact) mass is 465 g/mol. The van der Waals surface area contributed by atoms with Gasteiger partial charge in [-0.1, -0.05) is 18.9 Å². The third kappa shape index (κ3) is 3.58. The molecule has 7 nitrogen and oxygen atoms in total. The van der Waals surface area contributed by atoms with Gasteiger partial charge in [0, 0.05) is 17.0 Å². The molecule has 0 bridgehead atoms. The summed E-state index contributed by atoms with van der Waals surface area (Å²) in [5, 5.41) is 4.62. The van der Waals surface area contributed by atoms with Crippen molar-refractivity contribution in [3.63, 3.8) is 0 Å². The predicted octanol–water partition coefficient (Wildman–Crippen LogP) is 5.81. The highest BCUT2D eigenvalue weighted by atomic mass is 16.3. The molecule has 1 saturated carbocycles. The molecule has 0 radical (unpaired) electrons. The molecule has 7 heteroatoms. The molecule has 176 valence electrons. The Morgan fingerprint density at radius 3 is 2.31 bits per heavy atom. The second-order valence-corrected chi connectivity index (χ2v) is 9.85. The normalized spacial score (nSPS) is 18.8. The molecule has 5 aromatic rings. The van der Waals surface area contributed by atoms with Crippen LogP contribution in [0.3, 0.4) is 0 Å². The molecule has 2 aliphatic rings. The Balaban J connectivity index is 1.25. The fourth-order valence-corrected chi connectivity index (χ4v) is 5.66. The summed E-state index contributed by atoms with van der Waals surface area (Å²) in [5.74, 6) is 2.54. The van der Waals surface area contributed by atoms with E-state index in [9.17, 15) is 4.79 Å². The quantitative estimate of drug-likeness (QED) is 0.291. The summed E-state index contributed by atoms with van der Waals surface area (Å²) in [6, 6.07) is 11.8. The van der Waals surface area contributed by atoms with E-state index in [0.717, 1.165) is 47.1 Å². The predicted molar refractivity (Wildman–Crippen MR) is 136 cm³/mol. The second kappa shape index (κ2) is 8.20. The number of aromatic nitrogens is 4. The van der Waals surface area contributed by atoms with E-state index in [1.165, 1.54) is 32.1 Å². The first-order chi connectivity index (χ1) is 17.2. The van der Waals surface area contributed by atoms with Gasteiger partial charge in [0.1, 0.15) is 22.8 Å². The Labute approximate surface area is 202 Å². The lowest BCUT2D eigenvalue weighted by molar-refractivity contribution is 0.613. The third-order valence-electron chi connectivity index (χ3n) is 7.62. The highest BCUT2D eigenvalue weighted by molar-refractivity contribution is 5.93. The molecule has 2 fully saturated rings. The third-order valence-corrected chi connectivity index (χ3v) is 7.62. The maximum atomic E-state index is 13.4. The SMILES string of the molecule is O=c1c2ccc(-c3cnc(C4CCCN4)[nH]3)cc2oc2ccc(-c3cnc(C4CCCC4)[nH]3)cc12. The van der Waals surface area contributed by atoms with Crippen LogP contribution in [-0.2, 0) is 0 Å².